The van der Waals surface area contributed by atoms with Crippen molar-refractivity contribution in [3.63, 3.8) is 0 Å². The van der Waals surface area contributed by atoms with Gasteiger partial charge < -0.3 is 10.3 Å². The molecule has 0 rings (SSSR count). The van der Waals surface area contributed by atoms with Crippen molar-refractivity contribution in [3.05, 3.63) is 12.3 Å². The lowest BCUT2D eigenvalue weighted by molar-refractivity contribution is 0.191. The van der Waals surface area contributed by atoms with Gasteiger partial charge in [0.25, 0.3) is 0 Å². The van der Waals surface area contributed by atoms with Gasteiger partial charge in [-0.25, -0.2) is 0 Å². The van der Waals surface area contributed by atoms with Gasteiger partial charge in [0.1, 0.15) is 0 Å². The molecule has 0 aromatic carbocycles. The van der Waals surface area contributed by atoms with Crippen LogP contribution in [0.2, 0.25) is 0 Å². The van der Waals surface area contributed by atoms with Crippen LogP contribution in [0, 0.1) is 16.7 Å². The summed E-state index contributed by atoms with van der Waals surface area (Å²) in [5, 5.41) is 8.31. The standard InChI is InChI=1S/C19H38N2/c1-10-11-15(2)12-17(20)14-19(7,8)21(9)16(3)13-18(4,5)6/h15,20H,3,10-14H2,1-2,4-9H3. The van der Waals surface area contributed by atoms with Crippen LogP contribution in [-0.2, 0) is 0 Å². The highest BCUT2D eigenvalue weighted by atomic mass is 15.2. The van der Waals surface area contributed by atoms with Gasteiger partial charge in [-0.15, -0.1) is 0 Å². The summed E-state index contributed by atoms with van der Waals surface area (Å²) in [7, 11) is 2.12. The van der Waals surface area contributed by atoms with Gasteiger partial charge in [0, 0.05) is 30.4 Å². The third-order valence-corrected chi connectivity index (χ3v) is 4.14. The van der Waals surface area contributed by atoms with Crippen LogP contribution in [0.3, 0.4) is 0 Å². The van der Waals surface area contributed by atoms with Crippen LogP contribution >= 0.6 is 0 Å². The molecule has 21 heavy (non-hydrogen) atoms. The van der Waals surface area contributed by atoms with E-state index in [1.54, 1.807) is 0 Å². The van der Waals surface area contributed by atoms with Gasteiger partial charge in [-0.1, -0.05) is 54.0 Å². The number of hydrogen-bond acceptors (Lipinski definition) is 2. The fraction of sp³-hybridized carbons (Fsp3) is 0.842. The molecule has 2 nitrogen and oxygen atoms in total. The number of nitrogens with zero attached hydrogens (tertiary/aromatic N) is 1. The van der Waals surface area contributed by atoms with Crippen LogP contribution in [0.5, 0.6) is 0 Å². The average molecular weight is 295 g/mol. The molecule has 0 aliphatic carbocycles. The summed E-state index contributed by atoms with van der Waals surface area (Å²) in [6.07, 6.45) is 5.17. The van der Waals surface area contributed by atoms with E-state index in [-0.39, 0.29) is 11.0 Å². The summed E-state index contributed by atoms with van der Waals surface area (Å²) in [6.45, 7) is 19.9. The Labute approximate surface area is 133 Å². The molecule has 0 aromatic heterocycles. The van der Waals surface area contributed by atoms with Gasteiger partial charge in [0.05, 0.1) is 0 Å². The van der Waals surface area contributed by atoms with Crippen molar-refractivity contribution >= 4 is 5.71 Å². The fourth-order valence-corrected chi connectivity index (χ4v) is 2.89. The Morgan fingerprint density at radius 2 is 1.67 bits per heavy atom. The Morgan fingerprint density at radius 1 is 1.14 bits per heavy atom. The van der Waals surface area contributed by atoms with Crippen molar-refractivity contribution in [1.29, 1.82) is 5.41 Å². The Bertz CT molecular complexity index is 347. The van der Waals surface area contributed by atoms with E-state index in [4.69, 9.17) is 5.41 Å². The number of allylic oxidation sites excluding steroid dienone is 1. The average Bonchev–Trinajstić information content (AvgIpc) is 2.24. The smallest absolute Gasteiger partial charge is 0.0391 e. The normalized spacial score (nSPS) is 13.9. The van der Waals surface area contributed by atoms with Crippen LogP contribution < -0.4 is 0 Å². The Hall–Kier alpha value is -0.790. The largest absolute Gasteiger partial charge is 0.373 e. The van der Waals surface area contributed by atoms with E-state index >= 15 is 0 Å². The number of nitrogens with one attached hydrogen (secondary N) is 1. The van der Waals surface area contributed by atoms with Crippen LogP contribution in [0.15, 0.2) is 12.3 Å². The highest BCUT2D eigenvalue weighted by molar-refractivity contribution is 5.82. The summed E-state index contributed by atoms with van der Waals surface area (Å²) < 4.78 is 0. The molecule has 0 amide bonds. The molecule has 2 heteroatoms. The summed E-state index contributed by atoms with van der Waals surface area (Å²) in [5.41, 5.74) is 2.26. The zero-order chi connectivity index (χ0) is 16.8. The molecule has 0 heterocycles. The molecule has 0 bridgehead atoms. The first-order chi connectivity index (χ1) is 9.39. The van der Waals surface area contributed by atoms with E-state index in [1.165, 1.54) is 18.5 Å². The number of rotatable bonds is 9. The first kappa shape index (κ1) is 20.2. The van der Waals surface area contributed by atoms with E-state index in [9.17, 15) is 0 Å². The maximum atomic E-state index is 8.31. The Morgan fingerprint density at radius 3 is 2.10 bits per heavy atom. The molecular formula is C19H38N2. The SMILES string of the molecule is C=C(CC(C)(C)C)N(C)C(C)(C)CC(=N)CC(C)CCC. The molecule has 0 aromatic rings. The van der Waals surface area contributed by atoms with Gasteiger partial charge in [0.15, 0.2) is 0 Å². The second kappa shape index (κ2) is 8.00. The van der Waals surface area contributed by atoms with E-state index in [2.05, 4.69) is 67.0 Å². The second-order valence-electron chi connectivity index (χ2n) is 8.55. The van der Waals surface area contributed by atoms with Crippen molar-refractivity contribution in [1.82, 2.24) is 4.90 Å². The topological polar surface area (TPSA) is 27.1 Å². The third-order valence-electron chi connectivity index (χ3n) is 4.14. The summed E-state index contributed by atoms with van der Waals surface area (Å²) in [6, 6.07) is 0. The zero-order valence-corrected chi connectivity index (χ0v) is 15.8. The Balaban J connectivity index is 4.59. The first-order valence-corrected chi connectivity index (χ1v) is 8.37. The molecule has 0 aliphatic heterocycles. The maximum Gasteiger partial charge on any atom is 0.0391 e. The minimum Gasteiger partial charge on any atom is -0.373 e. The summed E-state index contributed by atoms with van der Waals surface area (Å²) >= 11 is 0. The minimum atomic E-state index is -0.0364. The van der Waals surface area contributed by atoms with E-state index in [0.717, 1.165) is 25.0 Å². The lowest BCUT2D eigenvalue weighted by atomic mass is 9.86. The molecule has 0 fully saturated rings. The highest BCUT2D eigenvalue weighted by Crippen LogP contribution is 2.30. The van der Waals surface area contributed by atoms with Crippen LogP contribution in [0.4, 0.5) is 0 Å². The van der Waals surface area contributed by atoms with Crippen molar-refractivity contribution in [2.24, 2.45) is 11.3 Å². The van der Waals surface area contributed by atoms with Gasteiger partial charge in [-0.05, 0) is 38.0 Å². The lowest BCUT2D eigenvalue weighted by Gasteiger charge is -2.40. The van der Waals surface area contributed by atoms with E-state index in [1.807, 2.05) is 0 Å². The van der Waals surface area contributed by atoms with Crippen LogP contribution in [0.25, 0.3) is 0 Å². The first-order valence-electron chi connectivity index (χ1n) is 8.37. The molecule has 0 radical (unpaired) electrons. The Kier molecular flexibility index (Phi) is 7.70. The predicted molar refractivity (Wildman–Crippen MR) is 96.1 cm³/mol. The minimum absolute atomic E-state index is 0.0364. The summed E-state index contributed by atoms with van der Waals surface area (Å²) in [4.78, 5) is 2.28. The highest BCUT2D eigenvalue weighted by Gasteiger charge is 2.28. The van der Waals surface area contributed by atoms with Crippen molar-refractivity contribution in [3.8, 4) is 0 Å². The molecule has 0 aliphatic rings. The van der Waals surface area contributed by atoms with E-state index < -0.39 is 0 Å². The van der Waals surface area contributed by atoms with Gasteiger partial charge >= 0.3 is 0 Å². The lowest BCUT2D eigenvalue weighted by Crippen LogP contribution is -2.42. The maximum absolute atomic E-state index is 8.31. The van der Waals surface area contributed by atoms with Crippen molar-refractivity contribution < 1.29 is 0 Å². The van der Waals surface area contributed by atoms with Gasteiger partial charge in [0.2, 0.25) is 0 Å². The number of hydrogen-bond donors (Lipinski definition) is 1. The molecule has 1 atom stereocenters. The van der Waals surface area contributed by atoms with E-state index in [0.29, 0.717) is 5.92 Å². The second-order valence-corrected chi connectivity index (χ2v) is 8.55. The molecule has 0 spiro atoms. The van der Waals surface area contributed by atoms with Gasteiger partial charge in [-0.3, -0.25) is 0 Å². The van der Waals surface area contributed by atoms with Crippen LogP contribution in [-0.4, -0.2) is 23.2 Å². The molecule has 0 saturated heterocycles. The third kappa shape index (κ3) is 8.28. The monoisotopic (exact) mass is 294 g/mol. The van der Waals surface area contributed by atoms with Crippen molar-refractivity contribution in [2.75, 3.05) is 7.05 Å². The summed E-state index contributed by atoms with van der Waals surface area (Å²) in [5.74, 6) is 0.626. The molecular weight excluding hydrogens is 256 g/mol. The molecule has 124 valence electrons. The van der Waals surface area contributed by atoms with Gasteiger partial charge in [-0.2, -0.15) is 0 Å². The zero-order valence-electron chi connectivity index (χ0n) is 15.8. The molecule has 1 unspecified atom stereocenters. The molecule has 1 N–H and O–H groups in total. The fourth-order valence-electron chi connectivity index (χ4n) is 2.89. The molecule has 0 saturated carbocycles. The quantitative estimate of drug-likeness (QED) is 0.528. The van der Waals surface area contributed by atoms with Crippen LogP contribution in [0.1, 0.15) is 80.6 Å². The van der Waals surface area contributed by atoms with Crippen molar-refractivity contribution in [2.45, 2.75) is 86.1 Å². The predicted octanol–water partition coefficient (Wildman–Crippen LogP) is 5.88.